The Labute approximate surface area is 137 Å². The Kier molecular flexibility index (Phi) is 4.71. The normalized spacial score (nSPS) is 27.2. The Hall–Kier alpha value is -1.10. The SMILES string of the molecule is Cc1cc(Cl)ccc1NC(=O)CN(C)C1CC2CCC(C1)N2. The van der Waals surface area contributed by atoms with E-state index in [1.807, 2.05) is 19.1 Å². The number of carbonyl (C=O) groups is 1. The van der Waals surface area contributed by atoms with Crippen LogP contribution in [-0.4, -0.2) is 42.5 Å². The number of nitrogens with one attached hydrogen (secondary N) is 2. The predicted molar refractivity (Wildman–Crippen MR) is 90.4 cm³/mol. The van der Waals surface area contributed by atoms with E-state index in [4.69, 9.17) is 11.6 Å². The second-order valence-corrected chi connectivity index (χ2v) is 7.12. The fraction of sp³-hybridized carbons (Fsp3) is 0.588. The van der Waals surface area contributed by atoms with Gasteiger partial charge in [0, 0.05) is 28.8 Å². The van der Waals surface area contributed by atoms with Gasteiger partial charge in [0.2, 0.25) is 5.91 Å². The van der Waals surface area contributed by atoms with Gasteiger partial charge in [-0.2, -0.15) is 0 Å². The summed E-state index contributed by atoms with van der Waals surface area (Å²) in [4.78, 5) is 14.5. The van der Waals surface area contributed by atoms with Gasteiger partial charge in [-0.05, 0) is 63.4 Å². The van der Waals surface area contributed by atoms with Crippen molar-refractivity contribution < 1.29 is 4.79 Å². The third kappa shape index (κ3) is 3.62. The smallest absolute Gasteiger partial charge is 0.238 e. The lowest BCUT2D eigenvalue weighted by Gasteiger charge is -2.35. The van der Waals surface area contributed by atoms with Crippen LogP contribution in [0.5, 0.6) is 0 Å². The summed E-state index contributed by atoms with van der Waals surface area (Å²) in [5.41, 5.74) is 1.83. The molecule has 0 aromatic heterocycles. The van der Waals surface area contributed by atoms with E-state index in [0.29, 0.717) is 29.7 Å². The first kappa shape index (κ1) is 15.8. The van der Waals surface area contributed by atoms with Crippen molar-refractivity contribution in [1.82, 2.24) is 10.2 Å². The number of rotatable bonds is 4. The molecule has 2 aliphatic rings. The number of hydrogen-bond acceptors (Lipinski definition) is 3. The Morgan fingerprint density at radius 2 is 2.05 bits per heavy atom. The van der Waals surface area contributed by atoms with Gasteiger partial charge in [0.05, 0.1) is 6.54 Å². The predicted octanol–water partition coefficient (Wildman–Crippen LogP) is 2.80. The molecule has 0 radical (unpaired) electrons. The van der Waals surface area contributed by atoms with Gasteiger partial charge >= 0.3 is 0 Å². The minimum Gasteiger partial charge on any atom is -0.325 e. The molecule has 2 atom stereocenters. The molecular formula is C17H24ClN3O. The summed E-state index contributed by atoms with van der Waals surface area (Å²) >= 11 is 5.95. The molecule has 1 aromatic rings. The van der Waals surface area contributed by atoms with Gasteiger partial charge in [0.15, 0.2) is 0 Å². The first-order valence-electron chi connectivity index (χ1n) is 8.03. The number of carbonyl (C=O) groups excluding carboxylic acids is 1. The van der Waals surface area contributed by atoms with E-state index in [1.54, 1.807) is 6.07 Å². The van der Waals surface area contributed by atoms with Gasteiger partial charge in [0.1, 0.15) is 0 Å². The highest BCUT2D eigenvalue weighted by molar-refractivity contribution is 6.30. The number of halogens is 1. The largest absolute Gasteiger partial charge is 0.325 e. The van der Waals surface area contributed by atoms with Crippen molar-refractivity contribution in [2.24, 2.45) is 0 Å². The fourth-order valence-corrected chi connectivity index (χ4v) is 3.93. The number of piperidine rings is 1. The van der Waals surface area contributed by atoms with Crippen LogP contribution in [0, 0.1) is 6.92 Å². The highest BCUT2D eigenvalue weighted by atomic mass is 35.5. The zero-order valence-corrected chi connectivity index (χ0v) is 14.0. The molecule has 2 unspecified atom stereocenters. The van der Waals surface area contributed by atoms with Crippen LogP contribution >= 0.6 is 11.6 Å². The molecule has 2 bridgehead atoms. The molecule has 3 rings (SSSR count). The lowest BCUT2D eigenvalue weighted by atomic mass is 9.98. The molecule has 0 spiro atoms. The third-order valence-corrected chi connectivity index (χ3v) is 5.16. The lowest BCUT2D eigenvalue weighted by molar-refractivity contribution is -0.117. The van der Waals surface area contributed by atoms with Crippen LogP contribution in [0.2, 0.25) is 5.02 Å². The molecule has 120 valence electrons. The van der Waals surface area contributed by atoms with Gasteiger partial charge in [0.25, 0.3) is 0 Å². The van der Waals surface area contributed by atoms with Gasteiger partial charge in [-0.25, -0.2) is 0 Å². The van der Waals surface area contributed by atoms with Gasteiger partial charge in [-0.15, -0.1) is 0 Å². The maximum absolute atomic E-state index is 12.3. The van der Waals surface area contributed by atoms with E-state index in [2.05, 4.69) is 22.6 Å². The second-order valence-electron chi connectivity index (χ2n) is 6.69. The van der Waals surface area contributed by atoms with E-state index >= 15 is 0 Å². The van der Waals surface area contributed by atoms with Crippen LogP contribution < -0.4 is 10.6 Å². The highest BCUT2D eigenvalue weighted by Gasteiger charge is 2.35. The fourth-order valence-electron chi connectivity index (χ4n) is 3.70. The number of fused-ring (bicyclic) bond motifs is 2. The van der Waals surface area contributed by atoms with Crippen molar-refractivity contribution in [3.63, 3.8) is 0 Å². The Morgan fingerprint density at radius 1 is 1.36 bits per heavy atom. The quantitative estimate of drug-likeness (QED) is 0.896. The second kappa shape index (κ2) is 6.57. The van der Waals surface area contributed by atoms with Crippen molar-refractivity contribution in [3.05, 3.63) is 28.8 Å². The number of anilines is 1. The first-order valence-corrected chi connectivity index (χ1v) is 8.41. The van der Waals surface area contributed by atoms with Gasteiger partial charge in [-0.1, -0.05) is 11.6 Å². The topological polar surface area (TPSA) is 44.4 Å². The van der Waals surface area contributed by atoms with Crippen LogP contribution in [0.1, 0.15) is 31.2 Å². The van der Waals surface area contributed by atoms with Crippen molar-refractivity contribution in [2.75, 3.05) is 18.9 Å². The molecule has 0 aliphatic carbocycles. The molecule has 2 saturated heterocycles. The maximum Gasteiger partial charge on any atom is 0.238 e. The minimum absolute atomic E-state index is 0.0406. The Bertz CT molecular complexity index is 551. The summed E-state index contributed by atoms with van der Waals surface area (Å²) in [5.74, 6) is 0.0406. The molecule has 22 heavy (non-hydrogen) atoms. The summed E-state index contributed by atoms with van der Waals surface area (Å²) in [5, 5.41) is 7.32. The summed E-state index contributed by atoms with van der Waals surface area (Å²) in [6, 6.07) is 7.33. The number of hydrogen-bond donors (Lipinski definition) is 2. The standard InChI is InChI=1S/C17H24ClN3O/c1-11-7-12(18)3-6-16(11)20-17(22)10-21(2)15-8-13-4-5-14(9-15)19-13/h3,6-7,13-15,19H,4-5,8-10H2,1-2H3,(H,20,22). The van der Waals surface area contributed by atoms with E-state index in [9.17, 15) is 4.79 Å². The van der Waals surface area contributed by atoms with Crippen molar-refractivity contribution >= 4 is 23.2 Å². The molecule has 2 N–H and O–H groups in total. The molecule has 1 aromatic carbocycles. The van der Waals surface area contributed by atoms with Crippen molar-refractivity contribution in [1.29, 1.82) is 0 Å². The van der Waals surface area contributed by atoms with Crippen LogP contribution in [0.15, 0.2) is 18.2 Å². The van der Waals surface area contributed by atoms with E-state index in [0.717, 1.165) is 24.1 Å². The zero-order valence-electron chi connectivity index (χ0n) is 13.2. The monoisotopic (exact) mass is 321 g/mol. The molecule has 4 nitrogen and oxygen atoms in total. The molecule has 0 saturated carbocycles. The number of likely N-dealkylation sites (N-methyl/N-ethyl adjacent to an activating group) is 1. The molecule has 2 aliphatic heterocycles. The van der Waals surface area contributed by atoms with E-state index in [1.165, 1.54) is 12.8 Å². The van der Waals surface area contributed by atoms with Crippen LogP contribution in [0.25, 0.3) is 0 Å². The lowest BCUT2D eigenvalue weighted by Crippen LogP contribution is -2.48. The molecule has 2 heterocycles. The Morgan fingerprint density at radius 3 is 2.68 bits per heavy atom. The summed E-state index contributed by atoms with van der Waals surface area (Å²) in [6.45, 7) is 2.39. The first-order chi connectivity index (χ1) is 10.5. The number of nitrogens with zero attached hydrogens (tertiary/aromatic N) is 1. The van der Waals surface area contributed by atoms with Crippen LogP contribution in [0.4, 0.5) is 5.69 Å². The third-order valence-electron chi connectivity index (χ3n) is 4.93. The summed E-state index contributed by atoms with van der Waals surface area (Å²) in [7, 11) is 2.06. The number of amides is 1. The molecule has 5 heteroatoms. The summed E-state index contributed by atoms with van der Waals surface area (Å²) in [6.07, 6.45) is 4.87. The molecule has 1 amide bonds. The number of aryl methyl sites for hydroxylation is 1. The van der Waals surface area contributed by atoms with Crippen LogP contribution in [-0.2, 0) is 4.79 Å². The van der Waals surface area contributed by atoms with Crippen LogP contribution in [0.3, 0.4) is 0 Å². The molecular weight excluding hydrogens is 298 g/mol. The van der Waals surface area contributed by atoms with Gasteiger partial charge in [-0.3, -0.25) is 9.69 Å². The average Bonchev–Trinajstić information content (AvgIpc) is 2.80. The van der Waals surface area contributed by atoms with Crippen molar-refractivity contribution in [3.8, 4) is 0 Å². The van der Waals surface area contributed by atoms with E-state index < -0.39 is 0 Å². The van der Waals surface area contributed by atoms with E-state index in [-0.39, 0.29) is 5.91 Å². The molecule has 2 fully saturated rings. The highest BCUT2D eigenvalue weighted by Crippen LogP contribution is 2.29. The number of benzene rings is 1. The minimum atomic E-state index is 0.0406. The summed E-state index contributed by atoms with van der Waals surface area (Å²) < 4.78 is 0. The van der Waals surface area contributed by atoms with Crippen molar-refractivity contribution in [2.45, 2.75) is 50.7 Å². The zero-order chi connectivity index (χ0) is 15.7. The van der Waals surface area contributed by atoms with Gasteiger partial charge < -0.3 is 10.6 Å². The maximum atomic E-state index is 12.3. The Balaban J connectivity index is 1.55. The average molecular weight is 322 g/mol.